The van der Waals surface area contributed by atoms with E-state index in [0.29, 0.717) is 29.0 Å². The van der Waals surface area contributed by atoms with Crippen molar-refractivity contribution in [3.63, 3.8) is 0 Å². The number of hydrogen-bond acceptors (Lipinski definition) is 4. The van der Waals surface area contributed by atoms with Gasteiger partial charge in [-0.2, -0.15) is 5.10 Å². The minimum atomic E-state index is -0.978. The number of hydrazone groups is 1. The Morgan fingerprint density at radius 2 is 2.32 bits per heavy atom. The number of ether oxygens (including phenoxy) is 1. The summed E-state index contributed by atoms with van der Waals surface area (Å²) >= 11 is 0. The first-order chi connectivity index (χ1) is 10.5. The number of carboxylic acid groups (broad SMARTS) is 1. The van der Waals surface area contributed by atoms with Gasteiger partial charge in [-0.1, -0.05) is 12.1 Å². The molecular formula is C16H14N2O4. The first-order valence-corrected chi connectivity index (χ1v) is 6.82. The first-order valence-electron chi connectivity index (χ1n) is 6.82. The van der Waals surface area contributed by atoms with E-state index in [4.69, 9.17) is 9.84 Å². The predicted octanol–water partition coefficient (Wildman–Crippen LogP) is 1.95. The molecule has 1 atom stereocenters. The fourth-order valence-electron chi connectivity index (χ4n) is 2.38. The average Bonchev–Trinajstić information content (AvgIpc) is 3.10. The summed E-state index contributed by atoms with van der Waals surface area (Å²) in [5.74, 6) is -0.589. The molecule has 6 heteroatoms. The summed E-state index contributed by atoms with van der Waals surface area (Å²) < 4.78 is 5.80. The van der Waals surface area contributed by atoms with Gasteiger partial charge in [0.1, 0.15) is 11.9 Å². The van der Waals surface area contributed by atoms with Gasteiger partial charge in [0.15, 0.2) is 0 Å². The lowest BCUT2D eigenvalue weighted by molar-refractivity contribution is -0.116. The van der Waals surface area contributed by atoms with Crippen LogP contribution in [0.3, 0.4) is 0 Å². The normalized spacial score (nSPS) is 22.1. The Balaban J connectivity index is 1.76. The summed E-state index contributed by atoms with van der Waals surface area (Å²) in [7, 11) is 0. The van der Waals surface area contributed by atoms with Crippen molar-refractivity contribution in [2.45, 2.75) is 19.4 Å². The second-order valence-electron chi connectivity index (χ2n) is 5.06. The maximum atomic E-state index is 11.6. The Morgan fingerprint density at radius 1 is 1.50 bits per heavy atom. The van der Waals surface area contributed by atoms with Gasteiger partial charge in [-0.3, -0.25) is 4.79 Å². The Kier molecular flexibility index (Phi) is 3.50. The molecule has 2 N–H and O–H groups in total. The van der Waals surface area contributed by atoms with Gasteiger partial charge in [0.25, 0.3) is 5.91 Å². The molecule has 22 heavy (non-hydrogen) atoms. The topological polar surface area (TPSA) is 88.0 Å². The number of carbonyl (C=O) groups is 2. The van der Waals surface area contributed by atoms with Crippen LogP contribution in [0, 0.1) is 0 Å². The van der Waals surface area contributed by atoms with Crippen LogP contribution in [0.5, 0.6) is 0 Å². The second kappa shape index (κ2) is 5.48. The fourth-order valence-corrected chi connectivity index (χ4v) is 2.38. The molecule has 1 aromatic carbocycles. The van der Waals surface area contributed by atoms with E-state index < -0.39 is 5.97 Å². The van der Waals surface area contributed by atoms with Crippen LogP contribution >= 0.6 is 0 Å². The van der Waals surface area contributed by atoms with Crippen molar-refractivity contribution >= 4 is 23.3 Å². The van der Waals surface area contributed by atoms with Crippen LogP contribution in [0.4, 0.5) is 0 Å². The molecule has 0 bridgehead atoms. The van der Waals surface area contributed by atoms with Crippen LogP contribution in [0.2, 0.25) is 0 Å². The van der Waals surface area contributed by atoms with Crippen LogP contribution in [-0.4, -0.2) is 28.8 Å². The molecular weight excluding hydrogens is 284 g/mol. The zero-order chi connectivity index (χ0) is 15.7. The van der Waals surface area contributed by atoms with Gasteiger partial charge in [0, 0.05) is 12.0 Å². The van der Waals surface area contributed by atoms with Crippen LogP contribution in [-0.2, 0) is 9.53 Å². The third-order valence-corrected chi connectivity index (χ3v) is 3.52. The van der Waals surface area contributed by atoms with E-state index >= 15 is 0 Å². The molecule has 0 radical (unpaired) electrons. The highest BCUT2D eigenvalue weighted by molar-refractivity contribution is 6.23. The quantitative estimate of drug-likeness (QED) is 0.835. The van der Waals surface area contributed by atoms with Gasteiger partial charge in [-0.15, -0.1) is 0 Å². The van der Waals surface area contributed by atoms with Gasteiger partial charge < -0.3 is 9.84 Å². The molecule has 1 unspecified atom stereocenters. The number of aromatic carboxylic acids is 1. The summed E-state index contributed by atoms with van der Waals surface area (Å²) in [5.41, 5.74) is 4.47. The predicted molar refractivity (Wildman–Crippen MR) is 80.2 cm³/mol. The second-order valence-corrected chi connectivity index (χ2v) is 5.06. The first kappa shape index (κ1) is 14.1. The Hall–Kier alpha value is -2.89. The van der Waals surface area contributed by atoms with E-state index in [1.165, 1.54) is 6.07 Å². The molecule has 0 aromatic heterocycles. The number of benzene rings is 1. The minimum Gasteiger partial charge on any atom is -0.486 e. The smallest absolute Gasteiger partial charge is 0.335 e. The number of hydrogen-bond donors (Lipinski definition) is 2. The van der Waals surface area contributed by atoms with Crippen LogP contribution in [0.1, 0.15) is 29.3 Å². The van der Waals surface area contributed by atoms with Crippen molar-refractivity contribution in [1.82, 2.24) is 5.43 Å². The van der Waals surface area contributed by atoms with Crippen molar-refractivity contribution < 1.29 is 19.4 Å². The highest BCUT2D eigenvalue weighted by Crippen LogP contribution is 2.28. The van der Waals surface area contributed by atoms with Gasteiger partial charge in [0.05, 0.1) is 16.8 Å². The van der Waals surface area contributed by atoms with Gasteiger partial charge in [-0.25, -0.2) is 10.2 Å². The van der Waals surface area contributed by atoms with E-state index in [2.05, 4.69) is 10.5 Å². The number of nitrogens with one attached hydrogen (secondary N) is 1. The number of carbonyl (C=O) groups excluding carboxylic acids is 1. The molecule has 0 fully saturated rings. The Bertz CT molecular complexity index is 746. The standard InChI is InChI=1S/C16H14N2O4/c1-9-13(15(19)18-17-9)8-12-5-6-14(22-12)10-3-2-4-11(7-10)16(20)21/h2-4,6-8,12H,5H2,1H3,(H,18,19)(H,20,21)/b13-8+. The molecule has 6 nitrogen and oxygen atoms in total. The highest BCUT2D eigenvalue weighted by Gasteiger charge is 2.24. The highest BCUT2D eigenvalue weighted by atomic mass is 16.5. The lowest BCUT2D eigenvalue weighted by Gasteiger charge is -2.11. The third kappa shape index (κ3) is 2.63. The van der Waals surface area contributed by atoms with E-state index in [1.807, 2.05) is 6.08 Å². The zero-order valence-electron chi connectivity index (χ0n) is 11.9. The molecule has 1 aromatic rings. The van der Waals surface area contributed by atoms with E-state index in [9.17, 15) is 9.59 Å². The van der Waals surface area contributed by atoms with Gasteiger partial charge in [0.2, 0.25) is 0 Å². The average molecular weight is 298 g/mol. The van der Waals surface area contributed by atoms with E-state index in [1.54, 1.807) is 31.2 Å². The van der Waals surface area contributed by atoms with Gasteiger partial charge in [-0.05, 0) is 31.2 Å². The molecule has 2 heterocycles. The molecule has 0 saturated heterocycles. The fraction of sp³-hybridized carbons (Fsp3) is 0.188. The van der Waals surface area contributed by atoms with Crippen molar-refractivity contribution in [1.29, 1.82) is 0 Å². The number of rotatable bonds is 3. The third-order valence-electron chi connectivity index (χ3n) is 3.52. The lowest BCUT2D eigenvalue weighted by atomic mass is 10.1. The number of amides is 1. The van der Waals surface area contributed by atoms with Crippen LogP contribution < -0.4 is 5.43 Å². The summed E-state index contributed by atoms with van der Waals surface area (Å²) in [6, 6.07) is 6.57. The van der Waals surface area contributed by atoms with Crippen LogP contribution in [0.15, 0.2) is 47.1 Å². The minimum absolute atomic E-state index is 0.210. The van der Waals surface area contributed by atoms with Crippen molar-refractivity contribution in [2.75, 3.05) is 0 Å². The Labute approximate surface area is 126 Å². The van der Waals surface area contributed by atoms with Crippen LogP contribution in [0.25, 0.3) is 5.76 Å². The molecule has 0 spiro atoms. The van der Waals surface area contributed by atoms with Crippen molar-refractivity contribution in [3.05, 3.63) is 53.1 Å². The summed E-state index contributed by atoms with van der Waals surface area (Å²) in [6.07, 6.45) is 4.00. The Morgan fingerprint density at radius 3 is 3.00 bits per heavy atom. The molecule has 112 valence electrons. The van der Waals surface area contributed by atoms with Crippen molar-refractivity contribution in [2.24, 2.45) is 5.10 Å². The number of nitrogens with zero attached hydrogens (tertiary/aromatic N) is 1. The lowest BCUT2D eigenvalue weighted by Crippen LogP contribution is -2.15. The number of carboxylic acids is 1. The maximum absolute atomic E-state index is 11.6. The zero-order valence-corrected chi connectivity index (χ0v) is 11.9. The molecule has 0 aliphatic carbocycles. The molecule has 2 aliphatic heterocycles. The SMILES string of the molecule is CC1=NNC(=O)/C1=C/C1CC=C(c2cccc(C(=O)O)c2)O1. The molecule has 1 amide bonds. The summed E-state index contributed by atoms with van der Waals surface area (Å²) in [6.45, 7) is 1.75. The molecule has 3 rings (SSSR count). The van der Waals surface area contributed by atoms with Crippen molar-refractivity contribution in [3.8, 4) is 0 Å². The molecule has 2 aliphatic rings. The van der Waals surface area contributed by atoms with E-state index in [-0.39, 0.29) is 17.6 Å². The maximum Gasteiger partial charge on any atom is 0.335 e. The summed E-state index contributed by atoms with van der Waals surface area (Å²) in [4.78, 5) is 22.6. The molecule has 0 saturated carbocycles. The van der Waals surface area contributed by atoms with Gasteiger partial charge >= 0.3 is 5.97 Å². The monoisotopic (exact) mass is 298 g/mol. The van der Waals surface area contributed by atoms with E-state index in [0.717, 1.165) is 0 Å². The largest absolute Gasteiger partial charge is 0.486 e. The summed E-state index contributed by atoms with van der Waals surface area (Å²) in [5, 5.41) is 12.9.